The molecule has 0 unspecified atom stereocenters. The van der Waals surface area contributed by atoms with Gasteiger partial charge in [0.25, 0.3) is 0 Å². The van der Waals surface area contributed by atoms with Gasteiger partial charge in [0.15, 0.2) is 0 Å². The Kier molecular flexibility index (Phi) is 9.35. The number of rotatable bonds is 11. The zero-order valence-corrected chi connectivity index (χ0v) is 18.5. The molecule has 0 saturated carbocycles. The van der Waals surface area contributed by atoms with Gasteiger partial charge in [0, 0.05) is 36.1 Å². The zero-order valence-electron chi connectivity index (χ0n) is 18.5. The van der Waals surface area contributed by atoms with Crippen LogP contribution in [-0.2, 0) is 9.59 Å². The molecule has 8 nitrogen and oxygen atoms in total. The third kappa shape index (κ3) is 7.33. The monoisotopic (exact) mass is 426 g/mol. The molecule has 2 amide bonds. The van der Waals surface area contributed by atoms with Crippen LogP contribution in [0.3, 0.4) is 0 Å². The first-order chi connectivity index (χ1) is 15.0. The quantitative estimate of drug-likeness (QED) is 0.326. The average molecular weight is 427 g/mol. The molecule has 0 aliphatic heterocycles. The van der Waals surface area contributed by atoms with E-state index in [9.17, 15) is 9.59 Å². The second-order valence-electron chi connectivity index (χ2n) is 6.57. The van der Waals surface area contributed by atoms with Crippen LogP contribution in [0, 0.1) is 0 Å². The van der Waals surface area contributed by atoms with Crippen LogP contribution in [0.4, 0.5) is 11.4 Å². The highest BCUT2D eigenvalue weighted by atomic mass is 16.5. The number of benzene rings is 2. The zero-order chi connectivity index (χ0) is 22.6. The topological polar surface area (TPSA) is 92.3 Å². The third-order valence-corrected chi connectivity index (χ3v) is 4.51. The Morgan fingerprint density at radius 2 is 1.74 bits per heavy atom. The molecule has 0 radical (unpaired) electrons. The van der Waals surface area contributed by atoms with Gasteiger partial charge in [-0.25, -0.2) is 5.43 Å². The summed E-state index contributed by atoms with van der Waals surface area (Å²) in [6.07, 6.45) is 1.15. The normalized spacial score (nSPS) is 10.6. The Morgan fingerprint density at radius 3 is 2.35 bits per heavy atom. The van der Waals surface area contributed by atoms with Gasteiger partial charge in [-0.3, -0.25) is 9.59 Å². The van der Waals surface area contributed by atoms with Gasteiger partial charge in [0.05, 0.1) is 19.9 Å². The van der Waals surface area contributed by atoms with E-state index in [0.717, 1.165) is 24.3 Å². The number of amides is 2. The van der Waals surface area contributed by atoms with Gasteiger partial charge in [-0.05, 0) is 57.2 Å². The molecule has 0 atom stereocenters. The Morgan fingerprint density at radius 1 is 1.03 bits per heavy atom. The summed E-state index contributed by atoms with van der Waals surface area (Å²) in [7, 11) is 1.59. The summed E-state index contributed by atoms with van der Waals surface area (Å²) in [6.45, 7) is 8.43. The molecule has 0 bridgehead atoms. The number of nitrogens with one attached hydrogen (secondary N) is 2. The molecule has 8 heteroatoms. The molecule has 0 aliphatic carbocycles. The van der Waals surface area contributed by atoms with E-state index < -0.39 is 11.8 Å². The summed E-state index contributed by atoms with van der Waals surface area (Å²) >= 11 is 0. The van der Waals surface area contributed by atoms with Gasteiger partial charge in [-0.1, -0.05) is 0 Å². The molecule has 2 aromatic rings. The molecular formula is C23H30N4O4. The molecule has 31 heavy (non-hydrogen) atoms. The lowest BCUT2D eigenvalue weighted by Crippen LogP contribution is -2.24. The van der Waals surface area contributed by atoms with Crippen molar-refractivity contribution in [1.82, 2.24) is 5.43 Å². The fourth-order valence-electron chi connectivity index (χ4n) is 2.96. The minimum absolute atomic E-state index is 0.345. The van der Waals surface area contributed by atoms with Crippen LogP contribution in [0.2, 0.25) is 0 Å². The summed E-state index contributed by atoms with van der Waals surface area (Å²) in [6, 6.07) is 12.7. The second kappa shape index (κ2) is 12.2. The highest BCUT2D eigenvalue weighted by Gasteiger charge is 2.10. The molecule has 0 aliphatic rings. The van der Waals surface area contributed by atoms with Crippen molar-refractivity contribution in [2.24, 2.45) is 5.10 Å². The standard InChI is InChI=1S/C23H30N4O4/c1-5-27(6-2)19-11-8-17(21(14-19)30-4)16-24-26-23(29)15-22(28)25-18-9-12-20(13-10-18)31-7-3/h8-14,16H,5-7,15H2,1-4H3,(H,25,28)(H,26,29). The predicted octanol–water partition coefficient (Wildman–Crippen LogP) is 3.42. The maximum absolute atomic E-state index is 12.0. The van der Waals surface area contributed by atoms with Gasteiger partial charge in [0.2, 0.25) is 11.8 Å². The molecule has 0 saturated heterocycles. The van der Waals surface area contributed by atoms with Crippen molar-refractivity contribution in [3.8, 4) is 11.5 Å². The lowest BCUT2D eigenvalue weighted by atomic mass is 10.2. The number of hydrogen-bond donors (Lipinski definition) is 2. The second-order valence-corrected chi connectivity index (χ2v) is 6.57. The molecular weight excluding hydrogens is 396 g/mol. The highest BCUT2D eigenvalue weighted by molar-refractivity contribution is 6.03. The SMILES string of the molecule is CCOc1ccc(NC(=O)CC(=O)NN=Cc2ccc(N(CC)CC)cc2OC)cc1. The van der Waals surface area contributed by atoms with E-state index in [1.54, 1.807) is 31.4 Å². The van der Waals surface area contributed by atoms with Gasteiger partial charge in [0.1, 0.15) is 17.9 Å². The van der Waals surface area contributed by atoms with Crippen molar-refractivity contribution in [3.63, 3.8) is 0 Å². The average Bonchev–Trinajstić information content (AvgIpc) is 2.76. The van der Waals surface area contributed by atoms with Crippen molar-refractivity contribution >= 4 is 29.4 Å². The molecule has 0 heterocycles. The van der Waals surface area contributed by atoms with E-state index in [1.807, 2.05) is 25.1 Å². The molecule has 2 N–H and O–H groups in total. The largest absolute Gasteiger partial charge is 0.496 e. The van der Waals surface area contributed by atoms with Crippen LogP contribution in [0.25, 0.3) is 0 Å². The van der Waals surface area contributed by atoms with Crippen molar-refractivity contribution < 1.29 is 19.1 Å². The fraction of sp³-hybridized carbons (Fsp3) is 0.348. The van der Waals surface area contributed by atoms with Crippen molar-refractivity contribution in [2.75, 3.05) is 37.0 Å². The van der Waals surface area contributed by atoms with E-state index >= 15 is 0 Å². The smallest absolute Gasteiger partial charge is 0.249 e. The summed E-state index contributed by atoms with van der Waals surface area (Å²) in [4.78, 5) is 26.3. The summed E-state index contributed by atoms with van der Waals surface area (Å²) in [5, 5.41) is 6.61. The van der Waals surface area contributed by atoms with Crippen molar-refractivity contribution in [2.45, 2.75) is 27.2 Å². The van der Waals surface area contributed by atoms with Gasteiger partial charge < -0.3 is 19.7 Å². The van der Waals surface area contributed by atoms with E-state index in [1.165, 1.54) is 6.21 Å². The highest BCUT2D eigenvalue weighted by Crippen LogP contribution is 2.24. The van der Waals surface area contributed by atoms with Crippen molar-refractivity contribution in [1.29, 1.82) is 0 Å². The van der Waals surface area contributed by atoms with Crippen LogP contribution in [0.1, 0.15) is 32.8 Å². The Balaban J connectivity index is 1.89. The van der Waals surface area contributed by atoms with Crippen LogP contribution < -0.4 is 25.1 Å². The number of hydrogen-bond acceptors (Lipinski definition) is 6. The fourth-order valence-corrected chi connectivity index (χ4v) is 2.96. The number of ether oxygens (including phenoxy) is 2. The minimum Gasteiger partial charge on any atom is -0.496 e. The molecule has 0 spiro atoms. The van der Waals surface area contributed by atoms with Crippen molar-refractivity contribution in [3.05, 3.63) is 48.0 Å². The lowest BCUT2D eigenvalue weighted by molar-refractivity contribution is -0.126. The number of methoxy groups -OCH3 is 1. The maximum atomic E-state index is 12.0. The number of anilines is 2. The molecule has 2 rings (SSSR count). The summed E-state index contributed by atoms with van der Waals surface area (Å²) < 4.78 is 10.8. The summed E-state index contributed by atoms with van der Waals surface area (Å²) in [5.41, 5.74) is 4.72. The van der Waals surface area contributed by atoms with Crippen LogP contribution >= 0.6 is 0 Å². The van der Waals surface area contributed by atoms with Gasteiger partial charge in [-0.2, -0.15) is 5.10 Å². The van der Waals surface area contributed by atoms with Crippen LogP contribution in [0.15, 0.2) is 47.6 Å². The molecule has 2 aromatic carbocycles. The van der Waals surface area contributed by atoms with Gasteiger partial charge >= 0.3 is 0 Å². The number of hydrazone groups is 1. The lowest BCUT2D eigenvalue weighted by Gasteiger charge is -2.21. The number of carbonyl (C=O) groups excluding carboxylic acids is 2. The third-order valence-electron chi connectivity index (χ3n) is 4.51. The molecule has 166 valence electrons. The van der Waals surface area contributed by atoms with Crippen LogP contribution in [-0.4, -0.2) is 44.8 Å². The van der Waals surface area contributed by atoms with E-state index in [-0.39, 0.29) is 6.42 Å². The van der Waals surface area contributed by atoms with Crippen LogP contribution in [0.5, 0.6) is 11.5 Å². The first-order valence-corrected chi connectivity index (χ1v) is 10.3. The molecule has 0 aromatic heterocycles. The Labute approximate surface area is 183 Å². The Bertz CT molecular complexity index is 893. The first kappa shape index (κ1) is 23.7. The number of nitrogens with zero attached hydrogens (tertiary/aromatic N) is 2. The van der Waals surface area contributed by atoms with Gasteiger partial charge in [-0.15, -0.1) is 0 Å². The number of carbonyl (C=O) groups is 2. The Hall–Kier alpha value is -3.55. The van der Waals surface area contributed by atoms with E-state index in [2.05, 4.69) is 34.6 Å². The predicted molar refractivity (Wildman–Crippen MR) is 123 cm³/mol. The maximum Gasteiger partial charge on any atom is 0.249 e. The first-order valence-electron chi connectivity index (χ1n) is 10.3. The van der Waals surface area contributed by atoms with E-state index in [0.29, 0.717) is 23.8 Å². The molecule has 0 fully saturated rings. The summed E-state index contributed by atoms with van der Waals surface area (Å²) in [5.74, 6) is 0.417. The van der Waals surface area contributed by atoms with E-state index in [4.69, 9.17) is 9.47 Å². The minimum atomic E-state index is -0.515.